The summed E-state index contributed by atoms with van der Waals surface area (Å²) in [4.78, 5) is 26.1. The molecule has 1 aliphatic heterocycles. The molecule has 3 rings (SSSR count). The highest BCUT2D eigenvalue weighted by Gasteiger charge is 2.24. The number of piperazine rings is 1. The van der Waals surface area contributed by atoms with Gasteiger partial charge in [-0.15, -0.1) is 0 Å². The van der Waals surface area contributed by atoms with E-state index in [4.69, 9.17) is 0 Å². The van der Waals surface area contributed by atoms with Gasteiger partial charge in [-0.05, 0) is 39.3 Å². The van der Waals surface area contributed by atoms with Gasteiger partial charge in [0.05, 0.1) is 0 Å². The Morgan fingerprint density at radius 3 is 2.50 bits per heavy atom. The summed E-state index contributed by atoms with van der Waals surface area (Å²) in [5, 5.41) is 3.17. The predicted octanol–water partition coefficient (Wildman–Crippen LogP) is 2.80. The van der Waals surface area contributed by atoms with Crippen LogP contribution >= 0.6 is 0 Å². The lowest BCUT2D eigenvalue weighted by atomic mass is 10.0. The van der Waals surface area contributed by atoms with Crippen LogP contribution in [0.25, 0.3) is 0 Å². The number of nitrogens with zero attached hydrogens (tertiary/aromatic N) is 4. The van der Waals surface area contributed by atoms with Crippen LogP contribution in [-0.4, -0.2) is 53.5 Å². The van der Waals surface area contributed by atoms with Crippen LogP contribution in [0, 0.1) is 20.8 Å². The second-order valence-corrected chi connectivity index (χ2v) is 6.82. The number of aromatic nitrogens is 2. The molecule has 1 aliphatic rings. The molecule has 1 saturated heterocycles. The summed E-state index contributed by atoms with van der Waals surface area (Å²) < 4.78 is 0. The lowest BCUT2D eigenvalue weighted by Crippen LogP contribution is -2.49. The molecule has 0 unspecified atom stereocenters. The number of benzene rings is 1. The molecule has 1 fully saturated rings. The first kappa shape index (κ1) is 18.2. The molecular formula is C20H27N5O. The van der Waals surface area contributed by atoms with E-state index in [1.807, 2.05) is 56.9 Å². The maximum Gasteiger partial charge on any atom is 0.254 e. The Labute approximate surface area is 155 Å². The number of anilines is 2. The highest BCUT2D eigenvalue weighted by molar-refractivity contribution is 5.96. The van der Waals surface area contributed by atoms with Gasteiger partial charge in [-0.3, -0.25) is 4.79 Å². The number of carbonyl (C=O) groups excluding carboxylic acids is 1. The Hall–Kier alpha value is -2.63. The molecule has 1 aromatic carbocycles. The fourth-order valence-electron chi connectivity index (χ4n) is 3.23. The molecule has 6 heteroatoms. The minimum atomic E-state index is 0.123. The van der Waals surface area contributed by atoms with E-state index >= 15 is 0 Å². The van der Waals surface area contributed by atoms with Gasteiger partial charge in [0.25, 0.3) is 5.91 Å². The average molecular weight is 353 g/mol. The number of hydrogen-bond acceptors (Lipinski definition) is 5. The summed E-state index contributed by atoms with van der Waals surface area (Å²) in [6.45, 7) is 11.8. The van der Waals surface area contributed by atoms with E-state index in [0.717, 1.165) is 47.8 Å². The normalized spacial score (nSPS) is 14.5. The summed E-state index contributed by atoms with van der Waals surface area (Å²) >= 11 is 0. The van der Waals surface area contributed by atoms with Crippen molar-refractivity contribution in [3.05, 3.63) is 46.6 Å². The molecule has 0 bridgehead atoms. The Morgan fingerprint density at radius 2 is 1.81 bits per heavy atom. The molecule has 1 N–H and O–H groups in total. The molecule has 0 aliphatic carbocycles. The number of hydrogen-bond donors (Lipinski definition) is 1. The molecule has 138 valence electrons. The predicted molar refractivity (Wildman–Crippen MR) is 105 cm³/mol. The van der Waals surface area contributed by atoms with Crippen LogP contribution in [0.3, 0.4) is 0 Å². The van der Waals surface area contributed by atoms with E-state index < -0.39 is 0 Å². The first-order chi connectivity index (χ1) is 12.5. The molecule has 6 nitrogen and oxygen atoms in total. The van der Waals surface area contributed by atoms with E-state index in [9.17, 15) is 4.79 Å². The van der Waals surface area contributed by atoms with Crippen LogP contribution in [0.5, 0.6) is 0 Å². The molecule has 0 saturated carbocycles. The van der Waals surface area contributed by atoms with Crippen molar-refractivity contribution in [1.29, 1.82) is 0 Å². The van der Waals surface area contributed by atoms with Gasteiger partial charge < -0.3 is 15.1 Å². The quantitative estimate of drug-likeness (QED) is 0.916. The van der Waals surface area contributed by atoms with Crippen molar-refractivity contribution >= 4 is 17.7 Å². The zero-order valence-electron chi connectivity index (χ0n) is 16.0. The number of carbonyl (C=O) groups is 1. The zero-order valence-corrected chi connectivity index (χ0v) is 16.0. The van der Waals surface area contributed by atoms with E-state index in [-0.39, 0.29) is 5.91 Å². The van der Waals surface area contributed by atoms with Gasteiger partial charge in [-0.2, -0.15) is 4.98 Å². The number of aryl methyl sites for hydroxylation is 3. The van der Waals surface area contributed by atoms with Crippen LogP contribution in [0.4, 0.5) is 11.8 Å². The Balaban J connectivity index is 1.69. The fraction of sp³-hybridized carbons (Fsp3) is 0.450. The topological polar surface area (TPSA) is 61.4 Å². The maximum atomic E-state index is 12.9. The maximum absolute atomic E-state index is 12.9. The van der Waals surface area contributed by atoms with Crippen molar-refractivity contribution in [2.45, 2.75) is 27.7 Å². The van der Waals surface area contributed by atoms with Gasteiger partial charge >= 0.3 is 0 Å². The van der Waals surface area contributed by atoms with Crippen LogP contribution in [-0.2, 0) is 0 Å². The summed E-state index contributed by atoms with van der Waals surface area (Å²) in [5.74, 6) is 1.71. The fourth-order valence-corrected chi connectivity index (χ4v) is 3.23. The average Bonchev–Trinajstić information content (AvgIpc) is 2.63. The third kappa shape index (κ3) is 3.95. The van der Waals surface area contributed by atoms with Crippen molar-refractivity contribution in [3.8, 4) is 0 Å². The highest BCUT2D eigenvalue weighted by atomic mass is 16.2. The van der Waals surface area contributed by atoms with Crippen molar-refractivity contribution in [3.63, 3.8) is 0 Å². The van der Waals surface area contributed by atoms with Crippen molar-refractivity contribution < 1.29 is 4.79 Å². The van der Waals surface area contributed by atoms with E-state index in [1.54, 1.807) is 0 Å². The monoisotopic (exact) mass is 353 g/mol. The molecule has 2 aromatic rings. The summed E-state index contributed by atoms with van der Waals surface area (Å²) in [7, 11) is 0. The largest absolute Gasteiger partial charge is 0.354 e. The first-order valence-corrected chi connectivity index (χ1v) is 9.19. The molecular weight excluding hydrogens is 326 g/mol. The van der Waals surface area contributed by atoms with Gasteiger partial charge in [0.2, 0.25) is 5.95 Å². The zero-order chi connectivity index (χ0) is 18.7. The SMILES string of the molecule is CCNc1nc(C)cc(N2CCN(C(=O)c3cc(C)ccc3C)CC2)n1. The second kappa shape index (κ2) is 7.72. The van der Waals surface area contributed by atoms with Gasteiger partial charge in [0.1, 0.15) is 5.82 Å². The lowest BCUT2D eigenvalue weighted by molar-refractivity contribution is 0.0745. The molecule has 0 spiro atoms. The van der Waals surface area contributed by atoms with Crippen LogP contribution < -0.4 is 10.2 Å². The van der Waals surface area contributed by atoms with Gasteiger partial charge in [0, 0.05) is 50.0 Å². The standard InChI is InChI=1S/C20H27N5O/c1-5-21-20-22-16(4)13-18(23-20)24-8-10-25(11-9-24)19(26)17-12-14(2)6-7-15(17)3/h6-7,12-13H,5,8-11H2,1-4H3,(H,21,22,23). The molecule has 2 heterocycles. The second-order valence-electron chi connectivity index (χ2n) is 6.82. The molecule has 1 amide bonds. The molecule has 0 radical (unpaired) electrons. The smallest absolute Gasteiger partial charge is 0.254 e. The van der Waals surface area contributed by atoms with Gasteiger partial charge in [-0.1, -0.05) is 17.7 Å². The van der Waals surface area contributed by atoms with Crippen molar-refractivity contribution in [2.75, 3.05) is 42.9 Å². The van der Waals surface area contributed by atoms with Crippen molar-refractivity contribution in [1.82, 2.24) is 14.9 Å². The Kier molecular flexibility index (Phi) is 5.40. The third-order valence-corrected chi connectivity index (χ3v) is 4.69. The Bertz CT molecular complexity index is 797. The van der Waals surface area contributed by atoms with Gasteiger partial charge in [0.15, 0.2) is 0 Å². The van der Waals surface area contributed by atoms with Crippen LogP contribution in [0.1, 0.15) is 34.1 Å². The summed E-state index contributed by atoms with van der Waals surface area (Å²) in [6.07, 6.45) is 0. The third-order valence-electron chi connectivity index (χ3n) is 4.69. The number of nitrogens with one attached hydrogen (secondary N) is 1. The van der Waals surface area contributed by atoms with Gasteiger partial charge in [-0.25, -0.2) is 4.98 Å². The summed E-state index contributed by atoms with van der Waals surface area (Å²) in [5.41, 5.74) is 3.90. The van der Waals surface area contributed by atoms with E-state index in [1.165, 1.54) is 0 Å². The number of rotatable bonds is 4. The Morgan fingerprint density at radius 1 is 1.08 bits per heavy atom. The van der Waals surface area contributed by atoms with E-state index in [0.29, 0.717) is 19.0 Å². The minimum Gasteiger partial charge on any atom is -0.354 e. The van der Waals surface area contributed by atoms with E-state index in [2.05, 4.69) is 20.2 Å². The lowest BCUT2D eigenvalue weighted by Gasteiger charge is -2.35. The number of amides is 1. The molecule has 0 atom stereocenters. The summed E-state index contributed by atoms with van der Waals surface area (Å²) in [6, 6.07) is 8.05. The highest BCUT2D eigenvalue weighted by Crippen LogP contribution is 2.19. The van der Waals surface area contributed by atoms with Crippen LogP contribution in [0.2, 0.25) is 0 Å². The first-order valence-electron chi connectivity index (χ1n) is 9.19. The molecule has 1 aromatic heterocycles. The molecule has 26 heavy (non-hydrogen) atoms. The minimum absolute atomic E-state index is 0.123. The van der Waals surface area contributed by atoms with Crippen LogP contribution in [0.15, 0.2) is 24.3 Å². The van der Waals surface area contributed by atoms with Crippen molar-refractivity contribution in [2.24, 2.45) is 0 Å².